The molecule has 136 valence electrons. The van der Waals surface area contributed by atoms with E-state index in [0.29, 0.717) is 17.3 Å². The molecule has 0 saturated carbocycles. The molecule has 7 heteroatoms. The molecule has 2 aliphatic rings. The van der Waals surface area contributed by atoms with Crippen LogP contribution >= 0.6 is 11.6 Å². The SMILES string of the molecule is Cc1ccc(Cl)cc1NS(=O)(=O)c1cc2c3c(c1)[C@@H](C)C(=O)N3CCC2. The Hall–Kier alpha value is -2.05. The number of sulfonamides is 1. The van der Waals surface area contributed by atoms with Gasteiger partial charge in [-0.25, -0.2) is 8.42 Å². The van der Waals surface area contributed by atoms with Gasteiger partial charge in [-0.15, -0.1) is 0 Å². The first-order valence-corrected chi connectivity index (χ1v) is 10.4. The van der Waals surface area contributed by atoms with Gasteiger partial charge in [0.15, 0.2) is 0 Å². The highest BCUT2D eigenvalue weighted by molar-refractivity contribution is 7.92. The van der Waals surface area contributed by atoms with Crippen LogP contribution in [0.1, 0.15) is 36.0 Å². The van der Waals surface area contributed by atoms with Crippen LogP contribution in [-0.2, 0) is 21.2 Å². The minimum absolute atomic E-state index is 0.0501. The molecule has 4 rings (SSSR count). The van der Waals surface area contributed by atoms with Crippen molar-refractivity contribution in [1.82, 2.24) is 0 Å². The van der Waals surface area contributed by atoms with E-state index in [1.165, 1.54) is 0 Å². The zero-order chi connectivity index (χ0) is 18.6. The molecule has 0 aliphatic carbocycles. The van der Waals surface area contributed by atoms with Crippen molar-refractivity contribution in [1.29, 1.82) is 0 Å². The molecule has 26 heavy (non-hydrogen) atoms. The number of benzene rings is 2. The quantitative estimate of drug-likeness (QED) is 0.865. The highest BCUT2D eigenvalue weighted by atomic mass is 35.5. The van der Waals surface area contributed by atoms with Gasteiger partial charge in [-0.3, -0.25) is 9.52 Å². The Morgan fingerprint density at radius 2 is 2.00 bits per heavy atom. The maximum Gasteiger partial charge on any atom is 0.261 e. The number of rotatable bonds is 3. The van der Waals surface area contributed by atoms with Crippen LogP contribution in [0.4, 0.5) is 11.4 Å². The van der Waals surface area contributed by atoms with Crippen LogP contribution in [-0.4, -0.2) is 20.9 Å². The van der Waals surface area contributed by atoms with Crippen LogP contribution in [0, 0.1) is 6.92 Å². The van der Waals surface area contributed by atoms with Crippen molar-refractivity contribution >= 4 is 38.9 Å². The predicted octanol–water partition coefficient (Wildman–Crippen LogP) is 3.85. The molecule has 5 nitrogen and oxygen atoms in total. The molecule has 2 heterocycles. The number of aryl methyl sites for hydroxylation is 2. The van der Waals surface area contributed by atoms with Crippen molar-refractivity contribution in [2.75, 3.05) is 16.2 Å². The molecule has 1 N–H and O–H groups in total. The lowest BCUT2D eigenvalue weighted by molar-refractivity contribution is -0.119. The second kappa shape index (κ2) is 5.99. The summed E-state index contributed by atoms with van der Waals surface area (Å²) in [5.41, 5.74) is 3.88. The molecule has 0 bridgehead atoms. The van der Waals surface area contributed by atoms with Crippen molar-refractivity contribution in [2.45, 2.75) is 37.5 Å². The monoisotopic (exact) mass is 390 g/mol. The number of carbonyl (C=O) groups excluding carboxylic acids is 1. The van der Waals surface area contributed by atoms with E-state index in [4.69, 9.17) is 11.6 Å². The third-order valence-electron chi connectivity index (χ3n) is 5.15. The van der Waals surface area contributed by atoms with Crippen molar-refractivity contribution in [3.05, 3.63) is 52.0 Å². The molecule has 2 aromatic carbocycles. The summed E-state index contributed by atoms with van der Waals surface area (Å²) < 4.78 is 28.6. The number of hydrogen-bond acceptors (Lipinski definition) is 3. The fourth-order valence-electron chi connectivity index (χ4n) is 3.73. The van der Waals surface area contributed by atoms with Gasteiger partial charge in [-0.2, -0.15) is 0 Å². The van der Waals surface area contributed by atoms with E-state index in [-0.39, 0.29) is 16.7 Å². The van der Waals surface area contributed by atoms with Crippen molar-refractivity contribution in [3.8, 4) is 0 Å². The predicted molar refractivity (Wildman–Crippen MR) is 103 cm³/mol. The zero-order valence-electron chi connectivity index (χ0n) is 14.5. The van der Waals surface area contributed by atoms with Crippen LogP contribution in [0.5, 0.6) is 0 Å². The van der Waals surface area contributed by atoms with Crippen LogP contribution in [0.3, 0.4) is 0 Å². The van der Waals surface area contributed by atoms with Gasteiger partial charge in [0.2, 0.25) is 5.91 Å². The van der Waals surface area contributed by atoms with Gasteiger partial charge in [-0.1, -0.05) is 17.7 Å². The summed E-state index contributed by atoms with van der Waals surface area (Å²) in [6.07, 6.45) is 1.62. The summed E-state index contributed by atoms with van der Waals surface area (Å²) in [6.45, 7) is 4.36. The second-order valence-corrected chi connectivity index (χ2v) is 9.02. The smallest absolute Gasteiger partial charge is 0.261 e. The van der Waals surface area contributed by atoms with E-state index in [1.54, 1.807) is 35.2 Å². The fraction of sp³-hybridized carbons (Fsp3) is 0.316. The largest absolute Gasteiger partial charge is 0.311 e. The Labute approximate surface area is 158 Å². The topological polar surface area (TPSA) is 66.5 Å². The van der Waals surface area contributed by atoms with Crippen molar-refractivity contribution in [2.24, 2.45) is 0 Å². The Morgan fingerprint density at radius 1 is 1.23 bits per heavy atom. The first-order valence-electron chi connectivity index (χ1n) is 8.55. The molecule has 0 fully saturated rings. The molecule has 0 unspecified atom stereocenters. The molecular formula is C19H19ClN2O3S. The summed E-state index contributed by atoms with van der Waals surface area (Å²) in [4.78, 5) is 14.4. The van der Waals surface area contributed by atoms with E-state index in [1.807, 2.05) is 13.8 Å². The summed E-state index contributed by atoms with van der Waals surface area (Å²) in [6, 6.07) is 8.41. The first kappa shape index (κ1) is 17.4. The first-order chi connectivity index (χ1) is 12.3. The standard InChI is InChI=1S/C19H19ClN2O3S/c1-11-5-6-14(20)9-17(11)21-26(24,25)15-8-13-4-3-7-22-18(13)16(10-15)12(2)19(22)23/h5-6,8-10,12,21H,3-4,7H2,1-2H3/t12-/m1/s1. The molecule has 0 aromatic heterocycles. The minimum Gasteiger partial charge on any atom is -0.311 e. The third-order valence-corrected chi connectivity index (χ3v) is 6.73. The number of anilines is 2. The van der Waals surface area contributed by atoms with Gasteiger partial charge in [0, 0.05) is 11.6 Å². The van der Waals surface area contributed by atoms with Crippen LogP contribution < -0.4 is 9.62 Å². The van der Waals surface area contributed by atoms with E-state index < -0.39 is 10.0 Å². The van der Waals surface area contributed by atoms with Crippen molar-refractivity contribution < 1.29 is 13.2 Å². The Kier molecular flexibility index (Phi) is 4.00. The summed E-state index contributed by atoms with van der Waals surface area (Å²) in [7, 11) is -3.78. The Balaban J connectivity index is 1.79. The lowest BCUT2D eigenvalue weighted by atomic mass is 9.97. The van der Waals surface area contributed by atoms with Gasteiger partial charge in [0.25, 0.3) is 10.0 Å². The van der Waals surface area contributed by atoms with E-state index in [0.717, 1.165) is 35.2 Å². The highest BCUT2D eigenvalue weighted by Gasteiger charge is 2.38. The van der Waals surface area contributed by atoms with E-state index in [2.05, 4.69) is 4.72 Å². The average molecular weight is 391 g/mol. The number of amides is 1. The molecule has 1 amide bonds. The summed E-state index contributed by atoms with van der Waals surface area (Å²) in [5.74, 6) is -0.265. The number of nitrogens with zero attached hydrogens (tertiary/aromatic N) is 1. The van der Waals surface area contributed by atoms with Crippen LogP contribution in [0.25, 0.3) is 0 Å². The Morgan fingerprint density at radius 3 is 2.77 bits per heavy atom. The number of hydrogen-bond donors (Lipinski definition) is 1. The van der Waals surface area contributed by atoms with Crippen LogP contribution in [0.15, 0.2) is 35.2 Å². The van der Waals surface area contributed by atoms with Gasteiger partial charge in [-0.05, 0) is 67.6 Å². The lowest BCUT2D eigenvalue weighted by Gasteiger charge is -2.26. The third kappa shape index (κ3) is 2.68. The molecule has 0 radical (unpaired) electrons. The molecule has 0 spiro atoms. The van der Waals surface area contributed by atoms with Gasteiger partial charge < -0.3 is 4.90 Å². The molecule has 0 saturated heterocycles. The molecule has 2 aromatic rings. The average Bonchev–Trinajstić information content (AvgIpc) is 2.85. The molecule has 1 atom stereocenters. The van der Waals surface area contributed by atoms with Gasteiger partial charge >= 0.3 is 0 Å². The normalized spacial score (nSPS) is 18.8. The Bertz CT molecular complexity index is 1030. The molecular weight excluding hydrogens is 372 g/mol. The number of carbonyl (C=O) groups is 1. The lowest BCUT2D eigenvalue weighted by Crippen LogP contribution is -2.32. The molecule has 2 aliphatic heterocycles. The number of nitrogens with one attached hydrogen (secondary N) is 1. The fourth-order valence-corrected chi connectivity index (χ4v) is 5.11. The minimum atomic E-state index is -3.78. The van der Waals surface area contributed by atoms with E-state index in [9.17, 15) is 13.2 Å². The van der Waals surface area contributed by atoms with E-state index >= 15 is 0 Å². The van der Waals surface area contributed by atoms with Gasteiger partial charge in [0.05, 0.1) is 22.2 Å². The highest BCUT2D eigenvalue weighted by Crippen LogP contribution is 2.44. The zero-order valence-corrected chi connectivity index (χ0v) is 16.1. The maximum absolute atomic E-state index is 13.0. The number of halogens is 1. The van der Waals surface area contributed by atoms with Crippen molar-refractivity contribution in [3.63, 3.8) is 0 Å². The van der Waals surface area contributed by atoms with Crippen LogP contribution in [0.2, 0.25) is 5.02 Å². The second-order valence-electron chi connectivity index (χ2n) is 6.90. The van der Waals surface area contributed by atoms with Gasteiger partial charge in [0.1, 0.15) is 0 Å². The maximum atomic E-state index is 13.0. The summed E-state index contributed by atoms with van der Waals surface area (Å²) >= 11 is 6.00. The summed E-state index contributed by atoms with van der Waals surface area (Å²) in [5, 5.41) is 0.465.